The first-order chi connectivity index (χ1) is 10.2. The second-order valence-electron chi connectivity index (χ2n) is 4.73. The number of hydrogen-bond donors (Lipinski definition) is 2. The summed E-state index contributed by atoms with van der Waals surface area (Å²) in [4.78, 5) is 7.24. The number of nitrogens with zero attached hydrogens (tertiary/aromatic N) is 3. The number of nitrogens with one attached hydrogen (secondary N) is 1. The average Bonchev–Trinajstić information content (AvgIpc) is 3.12. The van der Waals surface area contributed by atoms with Crippen LogP contribution in [0.3, 0.4) is 0 Å². The molecule has 0 amide bonds. The Kier molecular flexibility index (Phi) is 3.59. The molecule has 0 unspecified atom stereocenters. The Hall–Kier alpha value is -2.76. The molecular formula is C15H17N5O. The molecule has 21 heavy (non-hydrogen) atoms. The largest absolute Gasteiger partial charge is 0.492 e. The normalized spacial score (nSPS) is 10.7. The molecule has 3 rings (SSSR count). The van der Waals surface area contributed by atoms with Gasteiger partial charge in [-0.15, -0.1) is 0 Å². The Labute approximate surface area is 122 Å². The summed E-state index contributed by atoms with van der Waals surface area (Å²) in [7, 11) is 1.89. The summed E-state index contributed by atoms with van der Waals surface area (Å²) in [5.41, 5.74) is 8.50. The van der Waals surface area contributed by atoms with E-state index < -0.39 is 0 Å². The Bertz CT molecular complexity index is 718. The fraction of sp³-hybridized carbons (Fsp3) is 0.200. The van der Waals surface area contributed by atoms with Crippen molar-refractivity contribution in [1.29, 1.82) is 0 Å². The number of rotatable bonds is 5. The number of aromatic nitrogens is 4. The summed E-state index contributed by atoms with van der Waals surface area (Å²) in [6, 6.07) is 7.56. The van der Waals surface area contributed by atoms with E-state index in [0.717, 1.165) is 29.3 Å². The third-order valence-electron chi connectivity index (χ3n) is 3.25. The minimum Gasteiger partial charge on any atom is -0.492 e. The smallest absolute Gasteiger partial charge is 0.128 e. The Balaban J connectivity index is 1.80. The highest BCUT2D eigenvalue weighted by Crippen LogP contribution is 2.31. The summed E-state index contributed by atoms with van der Waals surface area (Å²) >= 11 is 0. The number of aromatic amines is 1. The predicted octanol–water partition coefficient (Wildman–Crippen LogP) is 2.01. The highest BCUT2D eigenvalue weighted by molar-refractivity contribution is 5.71. The van der Waals surface area contributed by atoms with Crippen molar-refractivity contribution in [2.75, 3.05) is 12.3 Å². The third kappa shape index (κ3) is 2.89. The number of ether oxygens (including phenoxy) is 1. The number of H-pyrrole nitrogens is 1. The van der Waals surface area contributed by atoms with Gasteiger partial charge in [-0.25, -0.2) is 4.98 Å². The van der Waals surface area contributed by atoms with Crippen molar-refractivity contribution >= 4 is 5.69 Å². The lowest BCUT2D eigenvalue weighted by Gasteiger charge is -2.12. The monoisotopic (exact) mass is 283 g/mol. The van der Waals surface area contributed by atoms with Crippen LogP contribution < -0.4 is 10.5 Å². The Morgan fingerprint density at radius 2 is 2.19 bits per heavy atom. The first kappa shape index (κ1) is 13.2. The molecule has 0 aliphatic carbocycles. The predicted molar refractivity (Wildman–Crippen MR) is 80.8 cm³/mol. The zero-order valence-corrected chi connectivity index (χ0v) is 11.8. The van der Waals surface area contributed by atoms with Crippen LogP contribution in [0.25, 0.3) is 11.3 Å². The van der Waals surface area contributed by atoms with Crippen molar-refractivity contribution in [2.45, 2.75) is 6.42 Å². The fourth-order valence-corrected chi connectivity index (χ4v) is 2.20. The highest BCUT2D eigenvalue weighted by Gasteiger charge is 2.10. The molecule has 0 bridgehead atoms. The second-order valence-corrected chi connectivity index (χ2v) is 4.73. The molecular weight excluding hydrogens is 266 g/mol. The van der Waals surface area contributed by atoms with Crippen LogP contribution in [0.5, 0.6) is 5.75 Å². The summed E-state index contributed by atoms with van der Waals surface area (Å²) in [6.07, 6.45) is 6.02. The molecule has 0 saturated carbocycles. The van der Waals surface area contributed by atoms with Gasteiger partial charge in [0.05, 0.1) is 12.3 Å². The Morgan fingerprint density at radius 1 is 1.29 bits per heavy atom. The average molecular weight is 283 g/mol. The van der Waals surface area contributed by atoms with E-state index in [4.69, 9.17) is 10.5 Å². The van der Waals surface area contributed by atoms with Gasteiger partial charge in [0.2, 0.25) is 0 Å². The van der Waals surface area contributed by atoms with Gasteiger partial charge in [-0.1, -0.05) is 0 Å². The van der Waals surface area contributed by atoms with Crippen LogP contribution >= 0.6 is 0 Å². The van der Waals surface area contributed by atoms with Gasteiger partial charge < -0.3 is 15.5 Å². The van der Waals surface area contributed by atoms with Gasteiger partial charge in [0.1, 0.15) is 11.6 Å². The first-order valence-electron chi connectivity index (χ1n) is 6.73. The zero-order valence-electron chi connectivity index (χ0n) is 11.8. The van der Waals surface area contributed by atoms with Crippen LogP contribution in [0.1, 0.15) is 5.82 Å². The van der Waals surface area contributed by atoms with Crippen LogP contribution in [0.4, 0.5) is 5.69 Å². The molecule has 1 aromatic carbocycles. The number of nitrogens with two attached hydrogens (primary N) is 1. The van der Waals surface area contributed by atoms with E-state index in [1.165, 1.54) is 0 Å². The van der Waals surface area contributed by atoms with E-state index >= 15 is 0 Å². The van der Waals surface area contributed by atoms with Crippen LogP contribution in [-0.4, -0.2) is 26.4 Å². The standard InChI is InChI=1S/C15H17N5O/c1-20-13(4-6-19-20)12-10-11(16)2-3-14(12)21-9-5-15-17-7-8-18-15/h2-4,6-8,10H,5,9,16H2,1H3,(H,17,18). The number of anilines is 1. The molecule has 2 heterocycles. The van der Waals surface area contributed by atoms with E-state index in [1.54, 1.807) is 23.3 Å². The molecule has 0 fully saturated rings. The van der Waals surface area contributed by atoms with Gasteiger partial charge >= 0.3 is 0 Å². The van der Waals surface area contributed by atoms with Crippen molar-refractivity contribution in [3.8, 4) is 17.0 Å². The minimum atomic E-state index is 0.544. The maximum atomic E-state index is 5.89. The first-order valence-corrected chi connectivity index (χ1v) is 6.73. The molecule has 108 valence electrons. The molecule has 3 N–H and O–H groups in total. The topological polar surface area (TPSA) is 81.8 Å². The lowest BCUT2D eigenvalue weighted by Crippen LogP contribution is -2.05. The molecule has 2 aromatic heterocycles. The third-order valence-corrected chi connectivity index (χ3v) is 3.25. The fourth-order valence-electron chi connectivity index (χ4n) is 2.20. The summed E-state index contributed by atoms with van der Waals surface area (Å²) in [6.45, 7) is 0.544. The minimum absolute atomic E-state index is 0.544. The van der Waals surface area contributed by atoms with E-state index in [0.29, 0.717) is 12.3 Å². The number of hydrogen-bond acceptors (Lipinski definition) is 4. The van der Waals surface area contributed by atoms with Crippen LogP contribution in [-0.2, 0) is 13.5 Å². The number of nitrogen functional groups attached to an aromatic ring is 1. The van der Waals surface area contributed by atoms with Crippen molar-refractivity contribution in [3.63, 3.8) is 0 Å². The SMILES string of the molecule is Cn1nccc1-c1cc(N)ccc1OCCc1ncc[nH]1. The molecule has 0 aliphatic rings. The summed E-state index contributed by atoms with van der Waals surface area (Å²) in [5.74, 6) is 1.70. The van der Waals surface area contributed by atoms with Crippen LogP contribution in [0.15, 0.2) is 42.9 Å². The van der Waals surface area contributed by atoms with Gasteiger partial charge in [-0.3, -0.25) is 4.68 Å². The lowest BCUT2D eigenvalue weighted by atomic mass is 10.1. The number of imidazole rings is 1. The zero-order chi connectivity index (χ0) is 14.7. The molecule has 0 saturated heterocycles. The van der Waals surface area contributed by atoms with E-state index in [2.05, 4.69) is 15.1 Å². The quantitative estimate of drug-likeness (QED) is 0.702. The highest BCUT2D eigenvalue weighted by atomic mass is 16.5. The van der Waals surface area contributed by atoms with Crippen molar-refractivity contribution < 1.29 is 4.74 Å². The van der Waals surface area contributed by atoms with Gasteiger partial charge in [-0.2, -0.15) is 5.10 Å². The van der Waals surface area contributed by atoms with Gasteiger partial charge in [0.15, 0.2) is 0 Å². The van der Waals surface area contributed by atoms with Crippen LogP contribution in [0.2, 0.25) is 0 Å². The maximum Gasteiger partial charge on any atom is 0.128 e. The Morgan fingerprint density at radius 3 is 2.90 bits per heavy atom. The van der Waals surface area contributed by atoms with Crippen LogP contribution in [0, 0.1) is 0 Å². The van der Waals surface area contributed by atoms with Crippen molar-refractivity contribution in [2.24, 2.45) is 7.05 Å². The molecule has 0 radical (unpaired) electrons. The molecule has 6 heteroatoms. The molecule has 0 aliphatic heterocycles. The number of aryl methyl sites for hydroxylation is 1. The second kappa shape index (κ2) is 5.70. The lowest BCUT2D eigenvalue weighted by molar-refractivity contribution is 0.320. The number of benzene rings is 1. The van der Waals surface area contributed by atoms with Crippen molar-refractivity contribution in [3.05, 3.63) is 48.7 Å². The van der Waals surface area contributed by atoms with Crippen molar-refractivity contribution in [1.82, 2.24) is 19.7 Å². The van der Waals surface area contributed by atoms with E-state index in [9.17, 15) is 0 Å². The van der Waals surface area contributed by atoms with Gasteiger partial charge in [-0.05, 0) is 24.3 Å². The molecule has 3 aromatic rings. The van der Waals surface area contributed by atoms with Gasteiger partial charge in [0.25, 0.3) is 0 Å². The maximum absolute atomic E-state index is 5.89. The molecule has 0 spiro atoms. The molecule has 0 atom stereocenters. The van der Waals surface area contributed by atoms with E-state index in [-0.39, 0.29) is 0 Å². The van der Waals surface area contributed by atoms with E-state index in [1.807, 2.05) is 31.3 Å². The molecule has 6 nitrogen and oxygen atoms in total. The summed E-state index contributed by atoms with van der Waals surface area (Å²) < 4.78 is 7.69. The summed E-state index contributed by atoms with van der Waals surface area (Å²) in [5, 5.41) is 4.19. The van der Waals surface area contributed by atoms with Gasteiger partial charge in [0, 0.05) is 43.3 Å².